The Bertz CT molecular complexity index is 284. The third-order valence-electron chi connectivity index (χ3n) is 3.46. The van der Waals surface area contributed by atoms with Crippen LogP contribution in [0.4, 0.5) is 0 Å². The van der Waals surface area contributed by atoms with Crippen LogP contribution in [-0.4, -0.2) is 6.04 Å². The Morgan fingerprint density at radius 3 is 2.60 bits per heavy atom. The Kier molecular flexibility index (Phi) is 3.75. The van der Waals surface area contributed by atoms with E-state index in [9.17, 15) is 0 Å². The Morgan fingerprint density at radius 1 is 1.13 bits per heavy atom. The predicted octanol–water partition coefficient (Wildman–Crippen LogP) is 2.25. The van der Waals surface area contributed by atoms with Gasteiger partial charge in [-0.15, -0.1) is 0 Å². The Hall–Kier alpha value is -0.860. The molecule has 1 fully saturated rings. The van der Waals surface area contributed by atoms with Gasteiger partial charge in [-0.05, 0) is 30.7 Å². The molecule has 2 nitrogen and oxygen atoms in total. The highest BCUT2D eigenvalue weighted by atomic mass is 15.2. The molecule has 0 bridgehead atoms. The van der Waals surface area contributed by atoms with Gasteiger partial charge in [-0.1, -0.05) is 43.2 Å². The van der Waals surface area contributed by atoms with Crippen LogP contribution in [0.2, 0.25) is 0 Å². The van der Waals surface area contributed by atoms with Crippen LogP contribution in [0.5, 0.6) is 0 Å². The zero-order chi connectivity index (χ0) is 10.5. The van der Waals surface area contributed by atoms with Crippen LogP contribution < -0.4 is 11.3 Å². The molecule has 82 valence electrons. The number of hydrazine groups is 1. The molecule has 2 atom stereocenters. The van der Waals surface area contributed by atoms with E-state index >= 15 is 0 Å². The molecule has 0 aliphatic heterocycles. The van der Waals surface area contributed by atoms with Crippen LogP contribution in [0.25, 0.3) is 0 Å². The summed E-state index contributed by atoms with van der Waals surface area (Å²) in [6, 6.07) is 11.2. The lowest BCUT2D eigenvalue weighted by Crippen LogP contribution is -2.43. The fourth-order valence-corrected chi connectivity index (χ4v) is 2.59. The second-order valence-electron chi connectivity index (χ2n) is 4.51. The SMILES string of the molecule is NN[C@@H]1CCCC[C@@H]1Cc1ccccc1. The van der Waals surface area contributed by atoms with E-state index in [4.69, 9.17) is 5.84 Å². The summed E-state index contributed by atoms with van der Waals surface area (Å²) in [7, 11) is 0. The van der Waals surface area contributed by atoms with Crippen molar-refractivity contribution in [2.24, 2.45) is 11.8 Å². The number of nitrogens with two attached hydrogens (primary N) is 1. The molecule has 0 radical (unpaired) electrons. The van der Waals surface area contributed by atoms with E-state index in [0.717, 1.165) is 6.42 Å². The van der Waals surface area contributed by atoms with Crippen LogP contribution >= 0.6 is 0 Å². The van der Waals surface area contributed by atoms with Gasteiger partial charge in [-0.2, -0.15) is 0 Å². The third kappa shape index (κ3) is 2.80. The summed E-state index contributed by atoms with van der Waals surface area (Å²) < 4.78 is 0. The van der Waals surface area contributed by atoms with Gasteiger partial charge in [-0.3, -0.25) is 11.3 Å². The maximum absolute atomic E-state index is 5.60. The summed E-state index contributed by atoms with van der Waals surface area (Å²) in [4.78, 5) is 0. The Balaban J connectivity index is 1.97. The molecular formula is C13H20N2. The molecule has 2 heteroatoms. The van der Waals surface area contributed by atoms with E-state index in [0.29, 0.717) is 12.0 Å². The third-order valence-corrected chi connectivity index (χ3v) is 3.46. The molecule has 0 amide bonds. The molecule has 1 aromatic carbocycles. The van der Waals surface area contributed by atoms with Gasteiger partial charge in [0, 0.05) is 6.04 Å². The van der Waals surface area contributed by atoms with Crippen LogP contribution in [0.15, 0.2) is 30.3 Å². The summed E-state index contributed by atoms with van der Waals surface area (Å²) >= 11 is 0. The molecule has 0 spiro atoms. The summed E-state index contributed by atoms with van der Waals surface area (Å²) in [5, 5.41) is 0. The highest BCUT2D eigenvalue weighted by Gasteiger charge is 2.23. The van der Waals surface area contributed by atoms with Crippen LogP contribution in [0.1, 0.15) is 31.2 Å². The predicted molar refractivity (Wildman–Crippen MR) is 63.2 cm³/mol. The second kappa shape index (κ2) is 5.29. The van der Waals surface area contributed by atoms with Crippen LogP contribution in [0, 0.1) is 5.92 Å². The molecule has 1 saturated carbocycles. The quantitative estimate of drug-likeness (QED) is 0.585. The van der Waals surface area contributed by atoms with Crippen LogP contribution in [0.3, 0.4) is 0 Å². The first-order valence-electron chi connectivity index (χ1n) is 5.90. The van der Waals surface area contributed by atoms with E-state index < -0.39 is 0 Å². The highest BCUT2D eigenvalue weighted by molar-refractivity contribution is 5.15. The molecular weight excluding hydrogens is 184 g/mol. The Labute approximate surface area is 91.8 Å². The number of hydrogen-bond acceptors (Lipinski definition) is 2. The lowest BCUT2D eigenvalue weighted by molar-refractivity contribution is 0.263. The van der Waals surface area contributed by atoms with Gasteiger partial charge < -0.3 is 0 Å². The maximum Gasteiger partial charge on any atom is 0.0241 e. The normalized spacial score (nSPS) is 26.5. The largest absolute Gasteiger partial charge is 0.271 e. The van der Waals surface area contributed by atoms with Gasteiger partial charge >= 0.3 is 0 Å². The van der Waals surface area contributed by atoms with Gasteiger partial charge in [-0.25, -0.2) is 0 Å². The zero-order valence-corrected chi connectivity index (χ0v) is 9.15. The number of nitrogens with one attached hydrogen (secondary N) is 1. The van der Waals surface area contributed by atoms with E-state index in [-0.39, 0.29) is 0 Å². The van der Waals surface area contributed by atoms with Crippen molar-refractivity contribution in [1.82, 2.24) is 5.43 Å². The van der Waals surface area contributed by atoms with Crippen molar-refractivity contribution < 1.29 is 0 Å². The van der Waals surface area contributed by atoms with E-state index in [2.05, 4.69) is 35.8 Å². The van der Waals surface area contributed by atoms with Crippen LogP contribution in [-0.2, 0) is 6.42 Å². The fourth-order valence-electron chi connectivity index (χ4n) is 2.59. The molecule has 0 unspecified atom stereocenters. The summed E-state index contributed by atoms with van der Waals surface area (Å²) in [6.45, 7) is 0. The van der Waals surface area contributed by atoms with Gasteiger partial charge in [0.1, 0.15) is 0 Å². The molecule has 3 N–H and O–H groups in total. The van der Waals surface area contributed by atoms with Crippen molar-refractivity contribution in [3.63, 3.8) is 0 Å². The van der Waals surface area contributed by atoms with E-state index in [1.54, 1.807) is 0 Å². The molecule has 0 heterocycles. The second-order valence-corrected chi connectivity index (χ2v) is 4.51. The number of hydrogen-bond donors (Lipinski definition) is 2. The van der Waals surface area contributed by atoms with Gasteiger partial charge in [0.05, 0.1) is 0 Å². The monoisotopic (exact) mass is 204 g/mol. The molecule has 0 saturated heterocycles. The molecule has 1 aliphatic rings. The van der Waals surface area contributed by atoms with Crippen molar-refractivity contribution in [2.75, 3.05) is 0 Å². The van der Waals surface area contributed by atoms with Crippen molar-refractivity contribution in [1.29, 1.82) is 0 Å². The smallest absolute Gasteiger partial charge is 0.0241 e. The lowest BCUT2D eigenvalue weighted by Gasteiger charge is -2.31. The fraction of sp³-hybridized carbons (Fsp3) is 0.538. The topological polar surface area (TPSA) is 38.0 Å². The summed E-state index contributed by atoms with van der Waals surface area (Å²) in [6.07, 6.45) is 6.38. The maximum atomic E-state index is 5.60. The van der Waals surface area contributed by atoms with Crippen molar-refractivity contribution in [2.45, 2.75) is 38.1 Å². The average molecular weight is 204 g/mol. The summed E-state index contributed by atoms with van der Waals surface area (Å²) in [5.41, 5.74) is 4.41. The minimum absolute atomic E-state index is 0.513. The molecule has 2 rings (SSSR count). The lowest BCUT2D eigenvalue weighted by atomic mass is 9.81. The standard InChI is InChI=1S/C13H20N2/c14-15-13-9-5-4-8-12(13)10-11-6-2-1-3-7-11/h1-3,6-7,12-13,15H,4-5,8-10,14H2/t12-,13-/m1/s1. The minimum Gasteiger partial charge on any atom is -0.271 e. The molecule has 0 aromatic heterocycles. The van der Waals surface area contributed by atoms with Crippen molar-refractivity contribution in [3.05, 3.63) is 35.9 Å². The number of rotatable bonds is 3. The molecule has 1 aromatic rings. The van der Waals surface area contributed by atoms with Crippen molar-refractivity contribution in [3.8, 4) is 0 Å². The van der Waals surface area contributed by atoms with E-state index in [1.807, 2.05) is 0 Å². The van der Waals surface area contributed by atoms with Gasteiger partial charge in [0.15, 0.2) is 0 Å². The van der Waals surface area contributed by atoms with Crippen molar-refractivity contribution >= 4 is 0 Å². The van der Waals surface area contributed by atoms with E-state index in [1.165, 1.54) is 31.2 Å². The first-order chi connectivity index (χ1) is 7.40. The zero-order valence-electron chi connectivity index (χ0n) is 9.15. The van der Waals surface area contributed by atoms with Gasteiger partial charge in [0.2, 0.25) is 0 Å². The highest BCUT2D eigenvalue weighted by Crippen LogP contribution is 2.26. The summed E-state index contributed by atoms with van der Waals surface area (Å²) in [5.74, 6) is 6.31. The minimum atomic E-state index is 0.513. The molecule has 1 aliphatic carbocycles. The molecule has 15 heavy (non-hydrogen) atoms. The Morgan fingerprint density at radius 2 is 1.87 bits per heavy atom. The van der Waals surface area contributed by atoms with Gasteiger partial charge in [0.25, 0.3) is 0 Å². The average Bonchev–Trinajstić information content (AvgIpc) is 2.31. The number of benzene rings is 1. The first kappa shape index (κ1) is 10.7. The first-order valence-corrected chi connectivity index (χ1v) is 5.90.